The number of benzene rings is 2. The van der Waals surface area contributed by atoms with Crippen LogP contribution < -0.4 is 4.74 Å². The van der Waals surface area contributed by atoms with E-state index in [2.05, 4.69) is 30.0 Å². The molecular formula is C29H38N2O4. The summed E-state index contributed by atoms with van der Waals surface area (Å²) in [5.74, 6) is 0.196. The van der Waals surface area contributed by atoms with Gasteiger partial charge in [-0.2, -0.15) is 0 Å². The molecule has 6 heteroatoms. The van der Waals surface area contributed by atoms with Gasteiger partial charge in [-0.05, 0) is 67.0 Å². The zero-order chi connectivity index (χ0) is 24.9. The third-order valence-electron chi connectivity index (χ3n) is 7.49. The van der Waals surface area contributed by atoms with E-state index in [1.54, 1.807) is 12.0 Å². The molecule has 4 rings (SSSR count). The first-order chi connectivity index (χ1) is 17.0. The molecule has 35 heavy (non-hydrogen) atoms. The lowest BCUT2D eigenvalue weighted by molar-refractivity contribution is -0.149. The Morgan fingerprint density at radius 3 is 2.43 bits per heavy atom. The number of hydrogen-bond acceptors (Lipinski definition) is 5. The number of fused-ring (bicyclic) bond motifs is 1. The topological polar surface area (TPSA) is 59.1 Å². The van der Waals surface area contributed by atoms with Crippen molar-refractivity contribution in [1.29, 1.82) is 0 Å². The SMILES string of the molecule is CCCN(C)C(=O)CN1C[C@H](c2ccc3c(c2)CCC3)[C@@H](C(=O)OCC)[C@@H]1c1ccc(OC)cc1. The maximum absolute atomic E-state index is 13.5. The molecule has 1 heterocycles. The summed E-state index contributed by atoms with van der Waals surface area (Å²) < 4.78 is 11.0. The normalized spacial score (nSPS) is 21.5. The van der Waals surface area contributed by atoms with Crippen LogP contribution in [0.5, 0.6) is 5.75 Å². The van der Waals surface area contributed by atoms with E-state index < -0.39 is 5.92 Å². The van der Waals surface area contributed by atoms with Gasteiger partial charge in [-0.15, -0.1) is 0 Å². The number of esters is 1. The van der Waals surface area contributed by atoms with Crippen LogP contribution in [-0.2, 0) is 27.2 Å². The molecule has 0 bridgehead atoms. The lowest BCUT2D eigenvalue weighted by atomic mass is 9.82. The molecule has 1 aliphatic heterocycles. The molecular weight excluding hydrogens is 440 g/mol. The zero-order valence-electron chi connectivity index (χ0n) is 21.5. The molecule has 0 radical (unpaired) electrons. The smallest absolute Gasteiger partial charge is 0.311 e. The molecule has 2 aromatic carbocycles. The quantitative estimate of drug-likeness (QED) is 0.501. The Balaban J connectivity index is 1.74. The van der Waals surface area contributed by atoms with Crippen molar-refractivity contribution in [2.75, 3.05) is 40.4 Å². The van der Waals surface area contributed by atoms with Gasteiger partial charge >= 0.3 is 5.97 Å². The van der Waals surface area contributed by atoms with Crippen molar-refractivity contribution in [3.8, 4) is 5.75 Å². The number of hydrogen-bond donors (Lipinski definition) is 0. The number of likely N-dealkylation sites (N-methyl/N-ethyl adjacent to an activating group) is 1. The number of carbonyl (C=O) groups is 2. The number of rotatable bonds is 9. The largest absolute Gasteiger partial charge is 0.497 e. The van der Waals surface area contributed by atoms with Crippen molar-refractivity contribution in [3.05, 3.63) is 64.7 Å². The number of ether oxygens (including phenoxy) is 2. The molecule has 0 aromatic heterocycles. The van der Waals surface area contributed by atoms with Gasteiger partial charge in [-0.1, -0.05) is 37.3 Å². The number of methoxy groups -OCH3 is 1. The maximum atomic E-state index is 13.5. The molecule has 0 unspecified atom stereocenters. The summed E-state index contributed by atoms with van der Waals surface area (Å²) >= 11 is 0. The van der Waals surface area contributed by atoms with Crippen molar-refractivity contribution in [3.63, 3.8) is 0 Å². The van der Waals surface area contributed by atoms with Crippen molar-refractivity contribution in [2.24, 2.45) is 5.92 Å². The lowest BCUT2D eigenvalue weighted by Gasteiger charge is -2.29. The molecule has 3 atom stereocenters. The Labute approximate surface area is 209 Å². The van der Waals surface area contributed by atoms with Crippen LogP contribution in [0, 0.1) is 5.92 Å². The predicted octanol–water partition coefficient (Wildman–Crippen LogP) is 4.37. The van der Waals surface area contributed by atoms with Crippen molar-refractivity contribution < 1.29 is 19.1 Å². The van der Waals surface area contributed by atoms with Crippen LogP contribution in [0.4, 0.5) is 0 Å². The van der Waals surface area contributed by atoms with E-state index in [0.29, 0.717) is 13.2 Å². The third kappa shape index (κ3) is 5.37. The molecule has 2 aliphatic rings. The predicted molar refractivity (Wildman–Crippen MR) is 137 cm³/mol. The van der Waals surface area contributed by atoms with Gasteiger partial charge in [0.2, 0.25) is 5.91 Å². The summed E-state index contributed by atoms with van der Waals surface area (Å²) in [5.41, 5.74) is 4.97. The number of amides is 1. The molecule has 1 fully saturated rings. The summed E-state index contributed by atoms with van der Waals surface area (Å²) in [7, 11) is 3.50. The van der Waals surface area contributed by atoms with Gasteiger partial charge in [-0.25, -0.2) is 0 Å². The van der Waals surface area contributed by atoms with Crippen LogP contribution in [0.25, 0.3) is 0 Å². The number of carbonyl (C=O) groups excluding carboxylic acids is 2. The average molecular weight is 479 g/mol. The van der Waals surface area contributed by atoms with E-state index in [1.165, 1.54) is 23.1 Å². The van der Waals surface area contributed by atoms with Crippen LogP contribution in [-0.4, -0.2) is 62.1 Å². The molecule has 0 spiro atoms. The number of nitrogens with zero attached hydrogens (tertiary/aromatic N) is 2. The Hall–Kier alpha value is -2.86. The van der Waals surface area contributed by atoms with E-state index in [4.69, 9.17) is 9.47 Å². The fraction of sp³-hybridized carbons (Fsp3) is 0.517. The van der Waals surface area contributed by atoms with Crippen LogP contribution in [0.15, 0.2) is 42.5 Å². The van der Waals surface area contributed by atoms with E-state index in [0.717, 1.165) is 37.1 Å². The second-order valence-electron chi connectivity index (χ2n) is 9.73. The van der Waals surface area contributed by atoms with E-state index >= 15 is 0 Å². The Kier molecular flexibility index (Phi) is 8.11. The average Bonchev–Trinajstić information content (AvgIpc) is 3.48. The monoisotopic (exact) mass is 478 g/mol. The standard InChI is InChI=1S/C29H38N2O4/c1-5-16-30(3)26(32)19-31-18-25(23-11-10-20-8-7-9-22(20)17-23)27(29(33)35-6-2)28(31)21-12-14-24(34-4)15-13-21/h10-15,17,25,27-28H,5-9,16,18-19H2,1-4H3/t25-,27-,28+/m1/s1. The molecule has 6 nitrogen and oxygen atoms in total. The number of aryl methyl sites for hydroxylation is 2. The minimum atomic E-state index is -0.396. The first-order valence-corrected chi connectivity index (χ1v) is 12.9. The molecule has 0 saturated carbocycles. The van der Waals surface area contributed by atoms with Crippen molar-refractivity contribution in [1.82, 2.24) is 9.80 Å². The highest BCUT2D eigenvalue weighted by Crippen LogP contribution is 2.47. The second kappa shape index (κ2) is 11.3. The van der Waals surface area contributed by atoms with Crippen LogP contribution >= 0.6 is 0 Å². The van der Waals surface area contributed by atoms with Crippen molar-refractivity contribution >= 4 is 11.9 Å². The van der Waals surface area contributed by atoms with Gasteiger partial charge in [0.15, 0.2) is 0 Å². The lowest BCUT2D eigenvalue weighted by Crippen LogP contribution is -2.39. The van der Waals surface area contributed by atoms with E-state index in [1.807, 2.05) is 38.2 Å². The summed E-state index contributed by atoms with van der Waals surface area (Å²) in [6.45, 7) is 5.87. The highest BCUT2D eigenvalue weighted by atomic mass is 16.5. The number of likely N-dealkylation sites (tertiary alicyclic amines) is 1. The second-order valence-corrected chi connectivity index (χ2v) is 9.73. The highest BCUT2D eigenvalue weighted by Gasteiger charge is 2.48. The van der Waals surface area contributed by atoms with E-state index in [-0.39, 0.29) is 30.4 Å². The minimum absolute atomic E-state index is 0.0451. The molecule has 1 amide bonds. The highest BCUT2D eigenvalue weighted by molar-refractivity contribution is 5.79. The van der Waals surface area contributed by atoms with Crippen molar-refractivity contribution in [2.45, 2.75) is 51.5 Å². The molecule has 2 aromatic rings. The zero-order valence-corrected chi connectivity index (χ0v) is 21.5. The molecule has 1 aliphatic carbocycles. The summed E-state index contributed by atoms with van der Waals surface area (Å²) in [5, 5.41) is 0. The maximum Gasteiger partial charge on any atom is 0.311 e. The Morgan fingerprint density at radius 1 is 1.03 bits per heavy atom. The van der Waals surface area contributed by atoms with Gasteiger partial charge in [0, 0.05) is 32.1 Å². The first-order valence-electron chi connectivity index (χ1n) is 12.9. The Bertz CT molecular complexity index is 1040. The van der Waals surface area contributed by atoms with Gasteiger partial charge in [-0.3, -0.25) is 14.5 Å². The fourth-order valence-corrected chi connectivity index (χ4v) is 5.73. The molecule has 1 saturated heterocycles. The van der Waals surface area contributed by atoms with Gasteiger partial charge in [0.05, 0.1) is 26.2 Å². The van der Waals surface area contributed by atoms with Crippen LogP contribution in [0.2, 0.25) is 0 Å². The van der Waals surface area contributed by atoms with Crippen LogP contribution in [0.1, 0.15) is 60.9 Å². The summed E-state index contributed by atoms with van der Waals surface area (Å²) in [6.07, 6.45) is 4.31. The molecule has 0 N–H and O–H groups in total. The summed E-state index contributed by atoms with van der Waals surface area (Å²) in [6, 6.07) is 14.3. The van der Waals surface area contributed by atoms with Gasteiger partial charge in [0.1, 0.15) is 5.75 Å². The van der Waals surface area contributed by atoms with Crippen LogP contribution in [0.3, 0.4) is 0 Å². The van der Waals surface area contributed by atoms with E-state index in [9.17, 15) is 9.59 Å². The molecule has 188 valence electrons. The first kappa shape index (κ1) is 25.2. The minimum Gasteiger partial charge on any atom is -0.497 e. The van der Waals surface area contributed by atoms with Gasteiger partial charge < -0.3 is 14.4 Å². The Morgan fingerprint density at radius 2 is 1.74 bits per heavy atom. The summed E-state index contributed by atoms with van der Waals surface area (Å²) in [4.78, 5) is 30.5. The third-order valence-corrected chi connectivity index (χ3v) is 7.49. The fourth-order valence-electron chi connectivity index (χ4n) is 5.73. The van der Waals surface area contributed by atoms with Gasteiger partial charge in [0.25, 0.3) is 0 Å².